The lowest BCUT2D eigenvalue weighted by Gasteiger charge is -2.30. The third-order valence-corrected chi connectivity index (χ3v) is 4.31. The molecule has 0 saturated heterocycles. The van der Waals surface area contributed by atoms with Crippen LogP contribution in [0.2, 0.25) is 0 Å². The molecule has 10 heteroatoms. The molecule has 0 radical (unpaired) electrons. The van der Waals surface area contributed by atoms with E-state index in [2.05, 4.69) is 5.32 Å². The van der Waals surface area contributed by atoms with Gasteiger partial charge in [-0.05, 0) is 31.9 Å². The number of benzene rings is 1. The lowest BCUT2D eigenvalue weighted by Crippen LogP contribution is -2.26. The van der Waals surface area contributed by atoms with E-state index in [0.717, 1.165) is 0 Å². The van der Waals surface area contributed by atoms with Crippen molar-refractivity contribution in [2.45, 2.75) is 33.1 Å². The van der Waals surface area contributed by atoms with E-state index in [1.54, 1.807) is 33.9 Å². The van der Waals surface area contributed by atoms with Crippen molar-refractivity contribution >= 4 is 18.0 Å². The Morgan fingerprint density at radius 3 is 2.27 bits per heavy atom. The minimum Gasteiger partial charge on any atom is -0.434 e. The molecule has 0 bridgehead atoms. The molecule has 0 spiro atoms. The van der Waals surface area contributed by atoms with Crippen LogP contribution in [0, 0.1) is 10.1 Å². The lowest BCUT2D eigenvalue weighted by atomic mass is 9.85. The number of non-ortho nitro benzene ring substituents is 1. The number of hydrogen-bond acceptors (Lipinski definition) is 9. The Hall–Kier alpha value is -3.56. The Morgan fingerprint density at radius 2 is 1.73 bits per heavy atom. The third kappa shape index (κ3) is 5.28. The van der Waals surface area contributed by atoms with Crippen LogP contribution in [0.15, 0.2) is 47.1 Å². The van der Waals surface area contributed by atoms with Gasteiger partial charge < -0.3 is 24.3 Å². The molecule has 1 N–H and O–H groups in total. The first-order valence-electron chi connectivity index (χ1n) is 9.36. The second-order valence-corrected chi connectivity index (χ2v) is 6.27. The molecule has 0 aliphatic heterocycles. The van der Waals surface area contributed by atoms with Crippen molar-refractivity contribution in [3.8, 4) is 0 Å². The summed E-state index contributed by atoms with van der Waals surface area (Å²) in [5.74, 6) is -0.608. The summed E-state index contributed by atoms with van der Waals surface area (Å²) in [4.78, 5) is 34.8. The molecule has 30 heavy (non-hydrogen) atoms. The predicted molar refractivity (Wildman–Crippen MR) is 105 cm³/mol. The molecule has 10 nitrogen and oxygen atoms in total. The summed E-state index contributed by atoms with van der Waals surface area (Å²) in [6.07, 6.45) is -1.57. The van der Waals surface area contributed by atoms with Crippen LogP contribution in [0.4, 0.5) is 15.3 Å². The number of nitro benzene ring substituents is 1. The molecule has 0 saturated carbocycles. The van der Waals surface area contributed by atoms with Crippen LogP contribution in [0.25, 0.3) is 0 Å². The van der Waals surface area contributed by atoms with Crippen LogP contribution in [0.5, 0.6) is 0 Å². The van der Waals surface area contributed by atoms with Gasteiger partial charge in [0.15, 0.2) is 0 Å². The van der Waals surface area contributed by atoms with Gasteiger partial charge in [0, 0.05) is 25.6 Å². The largest absolute Gasteiger partial charge is 0.513 e. The quantitative estimate of drug-likeness (QED) is 0.393. The molecule has 1 aromatic carbocycles. The van der Waals surface area contributed by atoms with E-state index in [1.165, 1.54) is 18.2 Å². The van der Waals surface area contributed by atoms with Gasteiger partial charge in [0.2, 0.25) is 0 Å². The molecule has 1 unspecified atom stereocenters. The van der Waals surface area contributed by atoms with Crippen molar-refractivity contribution in [3.05, 3.63) is 62.7 Å². The lowest BCUT2D eigenvalue weighted by molar-refractivity contribution is -0.384. The van der Waals surface area contributed by atoms with E-state index in [1.807, 2.05) is 0 Å². The van der Waals surface area contributed by atoms with Gasteiger partial charge in [0.1, 0.15) is 17.4 Å². The number of carbonyl (C=O) groups is 2. The molecule has 0 amide bonds. The predicted octanol–water partition coefficient (Wildman–Crippen LogP) is 4.13. The number of carbonyl (C=O) groups excluding carboxylic acids is 2. The standard InChI is InChI=1S/C20H24N2O8/c1-5-27-19(23)29-17-12(3)10-15(21-4)18(30-20(24)28-6-2)16(17)13-8-7-9-14(11-13)22(25)26/h7-9,11,16,21H,5-6,10H2,1-4H3. The minimum atomic E-state index is -0.939. The minimum absolute atomic E-state index is 0.101. The van der Waals surface area contributed by atoms with Gasteiger partial charge in [-0.2, -0.15) is 0 Å². The maximum absolute atomic E-state index is 12.1. The van der Waals surface area contributed by atoms with E-state index >= 15 is 0 Å². The van der Waals surface area contributed by atoms with Gasteiger partial charge in [-0.1, -0.05) is 12.1 Å². The fourth-order valence-corrected chi connectivity index (χ4v) is 3.05. The summed E-state index contributed by atoms with van der Waals surface area (Å²) < 4.78 is 20.6. The topological polar surface area (TPSA) is 126 Å². The van der Waals surface area contributed by atoms with Crippen molar-refractivity contribution in [2.24, 2.45) is 0 Å². The third-order valence-electron chi connectivity index (χ3n) is 4.31. The van der Waals surface area contributed by atoms with Crippen LogP contribution in [0.1, 0.15) is 38.7 Å². The van der Waals surface area contributed by atoms with Crippen molar-refractivity contribution in [2.75, 3.05) is 20.3 Å². The van der Waals surface area contributed by atoms with Gasteiger partial charge in [-0.3, -0.25) is 10.1 Å². The molecule has 1 aliphatic rings. The highest BCUT2D eigenvalue weighted by Gasteiger charge is 2.37. The molecule has 0 aromatic heterocycles. The van der Waals surface area contributed by atoms with Crippen LogP contribution < -0.4 is 5.32 Å². The number of hydrogen-bond donors (Lipinski definition) is 1. The SMILES string of the molecule is CCOC(=O)OC1=C(C)CC(NC)=C(OC(=O)OCC)C1c1cccc([N+](=O)[O-])c1. The first kappa shape index (κ1) is 22.7. The van der Waals surface area contributed by atoms with Crippen LogP contribution in [-0.4, -0.2) is 37.5 Å². The van der Waals surface area contributed by atoms with Crippen molar-refractivity contribution in [1.29, 1.82) is 0 Å². The van der Waals surface area contributed by atoms with Crippen LogP contribution >= 0.6 is 0 Å². The zero-order valence-electron chi connectivity index (χ0n) is 17.2. The van der Waals surface area contributed by atoms with Crippen LogP contribution in [0.3, 0.4) is 0 Å². The van der Waals surface area contributed by atoms with Gasteiger partial charge in [0.05, 0.1) is 23.8 Å². The number of allylic oxidation sites excluding steroid dienone is 1. The van der Waals surface area contributed by atoms with Gasteiger partial charge >= 0.3 is 12.3 Å². The monoisotopic (exact) mass is 420 g/mol. The average molecular weight is 420 g/mol. The molecule has 1 atom stereocenters. The number of ether oxygens (including phenoxy) is 4. The summed E-state index contributed by atoms with van der Waals surface area (Å²) in [6.45, 7) is 5.22. The Labute approximate surface area is 173 Å². The first-order valence-corrected chi connectivity index (χ1v) is 9.36. The van der Waals surface area contributed by atoms with E-state index in [0.29, 0.717) is 23.3 Å². The Morgan fingerprint density at radius 1 is 1.13 bits per heavy atom. The smallest absolute Gasteiger partial charge is 0.434 e. The second kappa shape index (κ2) is 10.3. The molecule has 1 aromatic rings. The van der Waals surface area contributed by atoms with E-state index in [4.69, 9.17) is 18.9 Å². The summed E-state index contributed by atoms with van der Waals surface area (Å²) in [7, 11) is 1.65. The average Bonchev–Trinajstić information content (AvgIpc) is 2.70. The Kier molecular flexibility index (Phi) is 7.79. The summed E-state index contributed by atoms with van der Waals surface area (Å²) in [5.41, 5.74) is 1.45. The van der Waals surface area contributed by atoms with Crippen molar-refractivity contribution < 1.29 is 33.5 Å². The molecule has 0 fully saturated rings. The Bertz CT molecular complexity index is 891. The zero-order valence-corrected chi connectivity index (χ0v) is 17.2. The normalized spacial score (nSPS) is 16.1. The van der Waals surface area contributed by atoms with E-state index < -0.39 is 23.2 Å². The maximum atomic E-state index is 12.1. The second-order valence-electron chi connectivity index (χ2n) is 6.27. The number of nitro groups is 1. The highest BCUT2D eigenvalue weighted by Crippen LogP contribution is 2.43. The fourth-order valence-electron chi connectivity index (χ4n) is 3.05. The zero-order chi connectivity index (χ0) is 22.3. The Balaban J connectivity index is 2.60. The molecule has 1 aliphatic carbocycles. The number of nitrogens with one attached hydrogen (secondary N) is 1. The van der Waals surface area contributed by atoms with E-state index in [-0.39, 0.29) is 30.4 Å². The summed E-state index contributed by atoms with van der Waals surface area (Å²) in [6, 6.07) is 5.79. The van der Waals surface area contributed by atoms with E-state index in [9.17, 15) is 19.7 Å². The summed E-state index contributed by atoms with van der Waals surface area (Å²) >= 11 is 0. The highest BCUT2D eigenvalue weighted by molar-refractivity contribution is 5.65. The number of nitrogens with zero attached hydrogens (tertiary/aromatic N) is 1. The molecule has 162 valence electrons. The molecule has 2 rings (SSSR count). The highest BCUT2D eigenvalue weighted by atomic mass is 16.7. The first-order chi connectivity index (χ1) is 14.3. The van der Waals surface area contributed by atoms with Gasteiger partial charge in [0.25, 0.3) is 5.69 Å². The summed E-state index contributed by atoms with van der Waals surface area (Å²) in [5, 5.41) is 14.2. The molecule has 0 heterocycles. The van der Waals surface area contributed by atoms with Gasteiger partial charge in [-0.15, -0.1) is 0 Å². The molecular formula is C20H24N2O8. The van der Waals surface area contributed by atoms with Gasteiger partial charge in [-0.25, -0.2) is 9.59 Å². The number of rotatable bonds is 7. The molecular weight excluding hydrogens is 396 g/mol. The maximum Gasteiger partial charge on any atom is 0.513 e. The fraction of sp³-hybridized carbons (Fsp3) is 0.400. The van der Waals surface area contributed by atoms with Crippen molar-refractivity contribution in [1.82, 2.24) is 5.32 Å². The van der Waals surface area contributed by atoms with Crippen LogP contribution in [-0.2, 0) is 18.9 Å². The van der Waals surface area contributed by atoms with Crippen molar-refractivity contribution in [3.63, 3.8) is 0 Å².